The quantitative estimate of drug-likeness (QED) is 0.695. The fraction of sp³-hybridized carbons (Fsp3) is 0.429. The number of rotatable bonds is 4. The molecule has 1 aromatic carbocycles. The predicted molar refractivity (Wildman–Crippen MR) is 69.2 cm³/mol. The minimum Gasteiger partial charge on any atom is -0.462 e. The fourth-order valence-electron chi connectivity index (χ4n) is 2.09. The van der Waals surface area contributed by atoms with Crippen LogP contribution < -0.4 is 0 Å². The molecule has 1 aromatic heterocycles. The lowest BCUT2D eigenvalue weighted by Crippen LogP contribution is -1.91. The summed E-state index contributed by atoms with van der Waals surface area (Å²) in [6.45, 7) is 4.47. The second-order valence-electron chi connectivity index (χ2n) is 4.35. The molecule has 0 radical (unpaired) electrons. The standard InChI is InChI=1S/C14H17ClO/c1-3-4-6-10(2)12-9-16-14-11(12)7-5-8-13(14)15/h5,7-10H,3-4,6H2,1-2H3. The molecule has 1 heterocycles. The van der Waals surface area contributed by atoms with Crippen molar-refractivity contribution in [2.24, 2.45) is 0 Å². The first-order chi connectivity index (χ1) is 7.74. The molecule has 2 aromatic rings. The minimum absolute atomic E-state index is 0.541. The first kappa shape index (κ1) is 11.5. The van der Waals surface area contributed by atoms with Crippen LogP contribution >= 0.6 is 11.6 Å². The summed E-state index contributed by atoms with van der Waals surface area (Å²) in [6.07, 6.45) is 5.56. The van der Waals surface area contributed by atoms with Gasteiger partial charge in [0.2, 0.25) is 0 Å². The van der Waals surface area contributed by atoms with Crippen molar-refractivity contribution in [2.75, 3.05) is 0 Å². The molecule has 1 unspecified atom stereocenters. The first-order valence-corrected chi connectivity index (χ1v) is 6.27. The Morgan fingerprint density at radius 3 is 2.94 bits per heavy atom. The maximum atomic E-state index is 6.09. The van der Waals surface area contributed by atoms with E-state index < -0.39 is 0 Å². The third kappa shape index (κ3) is 2.10. The lowest BCUT2D eigenvalue weighted by molar-refractivity contribution is 0.584. The van der Waals surface area contributed by atoms with Gasteiger partial charge in [0.25, 0.3) is 0 Å². The fourth-order valence-corrected chi connectivity index (χ4v) is 2.31. The molecule has 0 saturated carbocycles. The van der Waals surface area contributed by atoms with Crippen LogP contribution in [0, 0.1) is 0 Å². The summed E-state index contributed by atoms with van der Waals surface area (Å²) in [5, 5.41) is 1.86. The highest BCUT2D eigenvalue weighted by atomic mass is 35.5. The Bertz CT molecular complexity index is 473. The zero-order valence-corrected chi connectivity index (χ0v) is 10.6. The van der Waals surface area contributed by atoms with E-state index in [4.69, 9.17) is 16.0 Å². The van der Waals surface area contributed by atoms with Gasteiger partial charge < -0.3 is 4.42 Å². The number of unbranched alkanes of at least 4 members (excludes halogenated alkanes) is 1. The molecule has 16 heavy (non-hydrogen) atoms. The third-order valence-electron chi connectivity index (χ3n) is 3.10. The zero-order chi connectivity index (χ0) is 11.5. The van der Waals surface area contributed by atoms with E-state index in [-0.39, 0.29) is 0 Å². The van der Waals surface area contributed by atoms with Crippen molar-refractivity contribution in [3.8, 4) is 0 Å². The van der Waals surface area contributed by atoms with Crippen LogP contribution in [0.15, 0.2) is 28.9 Å². The molecule has 0 fully saturated rings. The van der Waals surface area contributed by atoms with E-state index in [1.807, 2.05) is 18.4 Å². The molecule has 0 N–H and O–H groups in total. The summed E-state index contributed by atoms with van der Waals surface area (Å²) in [5.41, 5.74) is 2.11. The van der Waals surface area contributed by atoms with Crippen molar-refractivity contribution in [1.82, 2.24) is 0 Å². The highest BCUT2D eigenvalue weighted by molar-refractivity contribution is 6.34. The number of halogens is 1. The Hall–Kier alpha value is -0.950. The van der Waals surface area contributed by atoms with Crippen molar-refractivity contribution in [1.29, 1.82) is 0 Å². The lowest BCUT2D eigenvalue weighted by atomic mass is 9.95. The smallest absolute Gasteiger partial charge is 0.152 e. The first-order valence-electron chi connectivity index (χ1n) is 5.89. The van der Waals surface area contributed by atoms with Crippen LogP contribution in [-0.2, 0) is 0 Å². The molecular weight excluding hydrogens is 220 g/mol. The summed E-state index contributed by atoms with van der Waals surface area (Å²) in [4.78, 5) is 0. The molecule has 2 rings (SSSR count). The van der Waals surface area contributed by atoms with Gasteiger partial charge in [-0.05, 0) is 18.4 Å². The van der Waals surface area contributed by atoms with E-state index >= 15 is 0 Å². The number of fused-ring (bicyclic) bond motifs is 1. The van der Waals surface area contributed by atoms with Crippen molar-refractivity contribution in [2.45, 2.75) is 39.0 Å². The van der Waals surface area contributed by atoms with Gasteiger partial charge in [-0.15, -0.1) is 0 Å². The van der Waals surface area contributed by atoms with Crippen LogP contribution in [0.2, 0.25) is 5.02 Å². The van der Waals surface area contributed by atoms with Gasteiger partial charge >= 0.3 is 0 Å². The van der Waals surface area contributed by atoms with Gasteiger partial charge in [-0.1, -0.05) is 50.4 Å². The van der Waals surface area contributed by atoms with E-state index in [2.05, 4.69) is 19.9 Å². The van der Waals surface area contributed by atoms with E-state index in [9.17, 15) is 0 Å². The second kappa shape index (κ2) is 4.92. The van der Waals surface area contributed by atoms with Crippen molar-refractivity contribution in [3.63, 3.8) is 0 Å². The van der Waals surface area contributed by atoms with Crippen LogP contribution in [-0.4, -0.2) is 0 Å². The van der Waals surface area contributed by atoms with Crippen molar-refractivity contribution in [3.05, 3.63) is 35.0 Å². The Kier molecular flexibility index (Phi) is 3.55. The Morgan fingerprint density at radius 1 is 1.38 bits per heavy atom. The Balaban J connectivity index is 2.34. The lowest BCUT2D eigenvalue weighted by Gasteiger charge is -2.08. The molecule has 1 atom stereocenters. The van der Waals surface area contributed by atoms with E-state index in [0.717, 1.165) is 11.0 Å². The summed E-state index contributed by atoms with van der Waals surface area (Å²) < 4.78 is 5.55. The van der Waals surface area contributed by atoms with Crippen LogP contribution in [0.5, 0.6) is 0 Å². The van der Waals surface area contributed by atoms with Crippen LogP contribution in [0.4, 0.5) is 0 Å². The molecule has 86 valence electrons. The average Bonchev–Trinajstić information content (AvgIpc) is 2.71. The van der Waals surface area contributed by atoms with E-state index in [1.165, 1.54) is 24.8 Å². The van der Waals surface area contributed by atoms with Crippen LogP contribution in [0.3, 0.4) is 0 Å². The van der Waals surface area contributed by atoms with E-state index in [0.29, 0.717) is 10.9 Å². The predicted octanol–water partition coefficient (Wildman–Crippen LogP) is 5.38. The Labute approximate surface area is 101 Å². The monoisotopic (exact) mass is 236 g/mol. The third-order valence-corrected chi connectivity index (χ3v) is 3.40. The maximum absolute atomic E-state index is 6.09. The summed E-state index contributed by atoms with van der Waals surface area (Å²) in [6, 6.07) is 5.94. The second-order valence-corrected chi connectivity index (χ2v) is 4.76. The summed E-state index contributed by atoms with van der Waals surface area (Å²) in [5.74, 6) is 0.541. The molecule has 0 saturated heterocycles. The van der Waals surface area contributed by atoms with Gasteiger partial charge in [0, 0.05) is 10.9 Å². The average molecular weight is 237 g/mol. The molecule has 1 nitrogen and oxygen atoms in total. The van der Waals surface area contributed by atoms with Crippen molar-refractivity contribution >= 4 is 22.6 Å². The number of benzene rings is 1. The molecule has 0 bridgehead atoms. The van der Waals surface area contributed by atoms with Crippen LogP contribution in [0.25, 0.3) is 11.0 Å². The number of para-hydroxylation sites is 1. The molecule has 0 aliphatic carbocycles. The minimum atomic E-state index is 0.541. The van der Waals surface area contributed by atoms with Crippen LogP contribution in [0.1, 0.15) is 44.6 Å². The number of hydrogen-bond acceptors (Lipinski definition) is 1. The topological polar surface area (TPSA) is 13.1 Å². The van der Waals surface area contributed by atoms with Gasteiger partial charge in [0.05, 0.1) is 11.3 Å². The molecule has 2 heteroatoms. The highest BCUT2D eigenvalue weighted by Crippen LogP contribution is 2.33. The SMILES string of the molecule is CCCCC(C)c1coc2c(Cl)cccc12. The normalized spacial score (nSPS) is 13.2. The van der Waals surface area contributed by atoms with Gasteiger partial charge in [-0.2, -0.15) is 0 Å². The van der Waals surface area contributed by atoms with Gasteiger partial charge in [0.1, 0.15) is 0 Å². The number of furan rings is 1. The highest BCUT2D eigenvalue weighted by Gasteiger charge is 2.13. The Morgan fingerprint density at radius 2 is 2.19 bits per heavy atom. The molecule has 0 amide bonds. The maximum Gasteiger partial charge on any atom is 0.152 e. The van der Waals surface area contributed by atoms with Gasteiger partial charge in [0.15, 0.2) is 5.58 Å². The summed E-state index contributed by atoms with van der Waals surface area (Å²) >= 11 is 6.09. The number of hydrogen-bond donors (Lipinski definition) is 0. The molecule has 0 spiro atoms. The van der Waals surface area contributed by atoms with Gasteiger partial charge in [-0.3, -0.25) is 0 Å². The van der Waals surface area contributed by atoms with Gasteiger partial charge in [-0.25, -0.2) is 0 Å². The van der Waals surface area contributed by atoms with Crippen molar-refractivity contribution < 1.29 is 4.42 Å². The zero-order valence-electron chi connectivity index (χ0n) is 9.79. The van der Waals surface area contributed by atoms with E-state index in [1.54, 1.807) is 0 Å². The molecule has 0 aliphatic rings. The summed E-state index contributed by atoms with van der Waals surface area (Å²) in [7, 11) is 0. The molecular formula is C14H17ClO. The molecule has 0 aliphatic heterocycles. The largest absolute Gasteiger partial charge is 0.462 e.